The Morgan fingerprint density at radius 3 is 2.77 bits per heavy atom. The number of aliphatic hydroxyl groups is 1. The topological polar surface area (TPSA) is 150 Å². The first-order chi connectivity index (χ1) is 18.7. The Morgan fingerprint density at radius 2 is 2.00 bits per heavy atom. The molecule has 10 nitrogen and oxygen atoms in total. The van der Waals surface area contributed by atoms with Gasteiger partial charge in [-0.1, -0.05) is 36.4 Å². The highest BCUT2D eigenvalue weighted by atomic mass is 32.2. The first-order valence-electron chi connectivity index (χ1n) is 12.6. The number of quaternary nitrogens is 1. The fourth-order valence-electron chi connectivity index (χ4n) is 4.91. The number of amides is 1. The molecule has 0 spiro atoms. The number of dihydropyridines is 1. The maximum Gasteiger partial charge on any atom is 0.264 e. The van der Waals surface area contributed by atoms with E-state index in [1.165, 1.54) is 0 Å². The van der Waals surface area contributed by atoms with Gasteiger partial charge in [0.25, 0.3) is 16.0 Å². The van der Waals surface area contributed by atoms with E-state index in [0.717, 1.165) is 41.5 Å². The summed E-state index contributed by atoms with van der Waals surface area (Å²) in [5.41, 5.74) is 4.19. The van der Waals surface area contributed by atoms with Gasteiger partial charge in [0.15, 0.2) is 6.23 Å². The van der Waals surface area contributed by atoms with Crippen molar-refractivity contribution >= 4 is 55.8 Å². The zero-order chi connectivity index (χ0) is 27.6. The molecular weight excluding hydrogens is 518 g/mol. The summed E-state index contributed by atoms with van der Waals surface area (Å²) in [7, 11) is -3.50. The van der Waals surface area contributed by atoms with Crippen LogP contribution >= 0.6 is 0 Å². The maximum absolute atomic E-state index is 13.1. The van der Waals surface area contributed by atoms with E-state index in [4.69, 9.17) is 9.59 Å². The minimum absolute atomic E-state index is 0.00596. The van der Waals surface area contributed by atoms with E-state index in [-0.39, 0.29) is 17.9 Å². The minimum atomic E-state index is -3.50. The molecule has 202 valence electrons. The van der Waals surface area contributed by atoms with Crippen LogP contribution in [0.3, 0.4) is 0 Å². The van der Waals surface area contributed by atoms with E-state index in [1.807, 2.05) is 58.7 Å². The van der Waals surface area contributed by atoms with Gasteiger partial charge >= 0.3 is 0 Å². The van der Waals surface area contributed by atoms with Crippen molar-refractivity contribution in [1.82, 2.24) is 9.88 Å². The predicted molar refractivity (Wildman–Crippen MR) is 150 cm³/mol. The summed E-state index contributed by atoms with van der Waals surface area (Å²) in [6, 6.07) is 15.0. The first kappa shape index (κ1) is 26.7. The number of aromatic nitrogens is 1. The van der Waals surface area contributed by atoms with Crippen LogP contribution in [0.2, 0.25) is 0 Å². The number of para-hydroxylation sites is 2. The first-order valence-corrected chi connectivity index (χ1v) is 14.5. The molecule has 5 rings (SSSR count). The number of nitrogens with two attached hydrogens (primary N) is 1. The molecule has 0 saturated carbocycles. The van der Waals surface area contributed by atoms with Gasteiger partial charge in [-0.15, -0.1) is 0 Å². The molecule has 3 aromatic rings. The van der Waals surface area contributed by atoms with Gasteiger partial charge in [0.1, 0.15) is 5.69 Å². The smallest absolute Gasteiger partial charge is 0.264 e. The van der Waals surface area contributed by atoms with E-state index >= 15 is 0 Å². The quantitative estimate of drug-likeness (QED) is 0.132. The molecule has 0 radical (unpaired) electrons. The number of aliphatic imine (C=N–C) groups is 1. The van der Waals surface area contributed by atoms with Crippen molar-refractivity contribution in [1.29, 1.82) is 5.41 Å². The number of rotatable bonds is 10. The highest BCUT2D eigenvalue weighted by Crippen LogP contribution is 2.36. The van der Waals surface area contributed by atoms with Crippen LogP contribution in [-0.4, -0.2) is 68.1 Å². The molecule has 0 fully saturated rings. The number of nitrogens with zero attached hydrogens (tertiary/aromatic N) is 2. The molecule has 39 heavy (non-hydrogen) atoms. The Labute approximate surface area is 226 Å². The van der Waals surface area contributed by atoms with Crippen LogP contribution in [0, 0.1) is 5.41 Å². The van der Waals surface area contributed by atoms with Crippen molar-refractivity contribution in [3.05, 3.63) is 77.5 Å². The lowest BCUT2D eigenvalue weighted by molar-refractivity contribution is -0.572. The summed E-state index contributed by atoms with van der Waals surface area (Å²) in [6.45, 7) is 1.31. The molecule has 3 heterocycles. The van der Waals surface area contributed by atoms with Crippen molar-refractivity contribution < 1.29 is 27.8 Å². The normalized spacial score (nSPS) is 17.5. The largest absolute Gasteiger partial charge is 0.369 e. The average molecular weight is 549 g/mol. The molecule has 0 saturated heterocycles. The van der Waals surface area contributed by atoms with Gasteiger partial charge < -0.3 is 20.3 Å². The maximum atomic E-state index is 13.1. The summed E-state index contributed by atoms with van der Waals surface area (Å²) in [6.07, 6.45) is 6.84. The zero-order valence-electron chi connectivity index (χ0n) is 21.4. The molecule has 2 aliphatic heterocycles. The number of carbonyl (C=O) groups excluding carboxylic acids is 1. The molecule has 1 atom stereocenters. The molecule has 2 aliphatic rings. The van der Waals surface area contributed by atoms with Crippen LogP contribution in [0.25, 0.3) is 22.2 Å². The van der Waals surface area contributed by atoms with Crippen LogP contribution in [0.4, 0.5) is 5.69 Å². The number of hydrogen-bond acceptors (Lipinski definition) is 7. The third kappa shape index (κ3) is 5.62. The zero-order valence-corrected chi connectivity index (χ0v) is 22.2. The second-order valence-corrected chi connectivity index (χ2v) is 11.0. The van der Waals surface area contributed by atoms with Crippen LogP contribution in [-0.2, 0) is 19.1 Å². The van der Waals surface area contributed by atoms with Crippen molar-refractivity contribution in [3.63, 3.8) is 0 Å². The third-order valence-corrected chi connectivity index (χ3v) is 7.24. The molecule has 5 N–H and O–H groups in total. The molecule has 0 aliphatic carbocycles. The molecule has 2 aromatic carbocycles. The van der Waals surface area contributed by atoms with Crippen molar-refractivity contribution in [2.24, 2.45) is 4.99 Å². The monoisotopic (exact) mass is 548 g/mol. The van der Waals surface area contributed by atoms with Crippen LogP contribution in [0.1, 0.15) is 24.0 Å². The van der Waals surface area contributed by atoms with Crippen LogP contribution in [0.15, 0.2) is 71.4 Å². The number of carbonyl (C=O) groups is 1. The van der Waals surface area contributed by atoms with E-state index in [0.29, 0.717) is 29.7 Å². The van der Waals surface area contributed by atoms with Gasteiger partial charge in [-0.2, -0.15) is 8.42 Å². The second-order valence-electron chi connectivity index (χ2n) is 9.38. The molecule has 11 heteroatoms. The fourth-order valence-corrected chi connectivity index (χ4v) is 5.33. The Kier molecular flexibility index (Phi) is 7.58. The summed E-state index contributed by atoms with van der Waals surface area (Å²) in [4.78, 5) is 17.5. The second kappa shape index (κ2) is 11.1. The van der Waals surface area contributed by atoms with E-state index < -0.39 is 22.3 Å². The van der Waals surface area contributed by atoms with Crippen molar-refractivity contribution in [2.45, 2.75) is 19.1 Å². The Bertz CT molecular complexity index is 1650. The van der Waals surface area contributed by atoms with Crippen molar-refractivity contribution in [2.75, 3.05) is 26.0 Å². The highest BCUT2D eigenvalue weighted by Gasteiger charge is 2.36. The molecule has 1 amide bonds. The number of nitrogens with one attached hydrogen (secondary N) is 2. The fraction of sp³-hybridized carbons (Fsp3) is 0.250. The third-order valence-electron chi connectivity index (χ3n) is 6.64. The summed E-state index contributed by atoms with van der Waals surface area (Å²) in [5.74, 6) is -0.519. The van der Waals surface area contributed by atoms with Gasteiger partial charge in [0.2, 0.25) is 0 Å². The van der Waals surface area contributed by atoms with Crippen molar-refractivity contribution in [3.8, 4) is 0 Å². The number of allylic oxidation sites excluding steroid dienone is 1. The Morgan fingerprint density at radius 1 is 1.23 bits per heavy atom. The van der Waals surface area contributed by atoms with E-state index in [1.54, 1.807) is 12.1 Å². The summed E-state index contributed by atoms with van der Waals surface area (Å²) < 4.78 is 29.2. The number of aliphatic hydroxyl groups excluding tert-OH is 1. The Hall–Kier alpha value is -3.90. The van der Waals surface area contributed by atoms with Crippen LogP contribution < -0.4 is 10.6 Å². The molecule has 1 unspecified atom stereocenters. The van der Waals surface area contributed by atoms with Gasteiger partial charge in [-0.05, 0) is 24.6 Å². The lowest BCUT2D eigenvalue weighted by Gasteiger charge is -2.12. The lowest BCUT2D eigenvalue weighted by atomic mass is 9.93. The molecular formula is C28H30N5O5S+. The van der Waals surface area contributed by atoms with Crippen LogP contribution in [0.5, 0.6) is 0 Å². The molecule has 0 bridgehead atoms. The summed E-state index contributed by atoms with van der Waals surface area (Å²) in [5, 5.41) is 25.4. The van der Waals surface area contributed by atoms with E-state index in [2.05, 4.69) is 16.4 Å². The van der Waals surface area contributed by atoms with Gasteiger partial charge in [0, 0.05) is 41.9 Å². The standard InChI is InChI=1S/C28H29N5O5S/c1-39(36,37)38-15-7-14-31-22-11-4-2-10-20(22)26(29)25-24(27(34)32-28(25)35)21-17-33(18-8-6-13-30-16-18)23-12-5-3-9-19(21)23/h2-5,8-12,16-17,27,29,31,34H,6-7,13-15H2,1H3,(H,32,35)/p+1. The number of hydrogen-bond donors (Lipinski definition) is 4. The predicted octanol–water partition coefficient (Wildman–Crippen LogP) is 1.79. The average Bonchev–Trinajstić information content (AvgIpc) is 3.44. The SMILES string of the molecule is CS(=O)(=O)OCCC[NH2+]c1ccccc1C(=N)C1=C(c2cn(C3=CCCN=C3)c3ccccc23)C(O)NC1=O. The van der Waals surface area contributed by atoms with Gasteiger partial charge in [-0.25, -0.2) is 0 Å². The van der Waals surface area contributed by atoms with Gasteiger partial charge in [0.05, 0.1) is 47.5 Å². The van der Waals surface area contributed by atoms with Gasteiger partial charge in [-0.3, -0.25) is 19.4 Å². The number of benzene rings is 2. The lowest BCUT2D eigenvalue weighted by Crippen LogP contribution is -2.78. The Balaban J connectivity index is 1.52. The molecule has 1 aromatic heterocycles. The summed E-state index contributed by atoms with van der Waals surface area (Å²) >= 11 is 0. The van der Waals surface area contributed by atoms with E-state index in [9.17, 15) is 18.3 Å². The number of fused-ring (bicyclic) bond motifs is 1. The highest BCUT2D eigenvalue weighted by molar-refractivity contribution is 7.85. The minimum Gasteiger partial charge on any atom is -0.369 e.